The Morgan fingerprint density at radius 1 is 0.848 bits per heavy atom. The monoisotopic (exact) mass is 648 g/mol. The van der Waals surface area contributed by atoms with E-state index in [0.717, 1.165) is 10.4 Å². The Bertz CT molecular complexity index is 1900. The van der Waals surface area contributed by atoms with Gasteiger partial charge in [0, 0.05) is 33.2 Å². The number of amides is 3. The molecule has 0 saturated carbocycles. The topological polar surface area (TPSA) is 130 Å². The Morgan fingerprint density at radius 2 is 1.59 bits per heavy atom. The first kappa shape index (κ1) is 31.9. The molecule has 0 saturated heterocycles. The standard InChI is InChI=1S/C35H28N4O5S2/c1-23-17-18-27(39(43)44)21-30(23)37-35(42)32(24-10-4-2-5-11-24)46-29-15-8-14-26(20-29)36-34(41)31(22-28-16-9-19-45-28)38-33(40)25-12-6-3-7-13-25/h2-22,32H,1H3,(H,36,41)(H,37,42)(H,38,40)/b31-22-. The van der Waals surface area contributed by atoms with Crippen molar-refractivity contribution in [2.24, 2.45) is 0 Å². The third-order valence-electron chi connectivity index (χ3n) is 6.73. The van der Waals surface area contributed by atoms with Gasteiger partial charge in [-0.1, -0.05) is 66.7 Å². The summed E-state index contributed by atoms with van der Waals surface area (Å²) in [5, 5.41) is 20.9. The molecular formula is C35H28N4O5S2. The molecule has 0 aliphatic heterocycles. The highest BCUT2D eigenvalue weighted by Crippen LogP contribution is 2.37. The number of rotatable bonds is 11. The molecule has 0 bridgehead atoms. The van der Waals surface area contributed by atoms with Gasteiger partial charge >= 0.3 is 0 Å². The zero-order chi connectivity index (χ0) is 32.5. The van der Waals surface area contributed by atoms with E-state index in [9.17, 15) is 24.5 Å². The summed E-state index contributed by atoms with van der Waals surface area (Å²) in [4.78, 5) is 52.3. The van der Waals surface area contributed by atoms with Crippen LogP contribution in [0.4, 0.5) is 17.1 Å². The van der Waals surface area contributed by atoms with Crippen molar-refractivity contribution in [2.45, 2.75) is 17.1 Å². The Kier molecular flexibility index (Phi) is 10.4. The van der Waals surface area contributed by atoms with E-state index in [1.54, 1.807) is 67.6 Å². The van der Waals surface area contributed by atoms with Gasteiger partial charge in [-0.3, -0.25) is 24.5 Å². The molecule has 0 aliphatic carbocycles. The first-order chi connectivity index (χ1) is 22.3. The number of anilines is 2. The van der Waals surface area contributed by atoms with Crippen LogP contribution in [0, 0.1) is 17.0 Å². The van der Waals surface area contributed by atoms with Crippen LogP contribution in [-0.2, 0) is 9.59 Å². The van der Waals surface area contributed by atoms with Gasteiger partial charge in [-0.15, -0.1) is 23.1 Å². The molecule has 1 aromatic heterocycles. The molecule has 5 rings (SSSR count). The second-order valence-corrected chi connectivity index (χ2v) is 12.2. The van der Waals surface area contributed by atoms with Crippen molar-refractivity contribution in [2.75, 3.05) is 10.6 Å². The van der Waals surface area contributed by atoms with Crippen LogP contribution in [0.25, 0.3) is 6.08 Å². The molecule has 5 aromatic rings. The normalized spacial score (nSPS) is 11.7. The van der Waals surface area contributed by atoms with Crippen molar-refractivity contribution in [1.82, 2.24) is 5.32 Å². The summed E-state index contributed by atoms with van der Waals surface area (Å²) in [6.45, 7) is 1.76. The fourth-order valence-electron chi connectivity index (χ4n) is 4.40. The lowest BCUT2D eigenvalue weighted by molar-refractivity contribution is -0.384. The van der Waals surface area contributed by atoms with Crippen molar-refractivity contribution in [1.29, 1.82) is 0 Å². The summed E-state index contributed by atoms with van der Waals surface area (Å²) in [5.41, 5.74) is 2.59. The van der Waals surface area contributed by atoms with Crippen LogP contribution < -0.4 is 16.0 Å². The van der Waals surface area contributed by atoms with Gasteiger partial charge < -0.3 is 16.0 Å². The van der Waals surface area contributed by atoms with Crippen LogP contribution >= 0.6 is 23.1 Å². The number of carbonyl (C=O) groups is 3. The highest BCUT2D eigenvalue weighted by Gasteiger charge is 2.24. The maximum absolute atomic E-state index is 13.7. The Morgan fingerprint density at radius 3 is 2.28 bits per heavy atom. The van der Waals surface area contributed by atoms with Gasteiger partial charge in [0.2, 0.25) is 5.91 Å². The highest BCUT2D eigenvalue weighted by molar-refractivity contribution is 8.00. The van der Waals surface area contributed by atoms with Gasteiger partial charge in [-0.05, 0) is 65.9 Å². The maximum Gasteiger partial charge on any atom is 0.272 e. The molecule has 1 heterocycles. The maximum atomic E-state index is 13.7. The number of hydrogen-bond donors (Lipinski definition) is 3. The molecule has 9 nitrogen and oxygen atoms in total. The number of hydrogen-bond acceptors (Lipinski definition) is 7. The van der Waals surface area contributed by atoms with E-state index >= 15 is 0 Å². The van der Waals surface area contributed by atoms with Gasteiger partial charge in [0.25, 0.3) is 17.5 Å². The molecule has 11 heteroatoms. The number of thioether (sulfide) groups is 1. The van der Waals surface area contributed by atoms with Gasteiger partial charge in [-0.2, -0.15) is 0 Å². The van der Waals surface area contributed by atoms with Gasteiger partial charge in [0.15, 0.2) is 0 Å². The molecule has 0 fully saturated rings. The third kappa shape index (κ3) is 8.35. The Hall–Kier alpha value is -5.52. The summed E-state index contributed by atoms with van der Waals surface area (Å²) >= 11 is 2.70. The van der Waals surface area contributed by atoms with Crippen LogP contribution in [0.5, 0.6) is 0 Å². The van der Waals surface area contributed by atoms with E-state index in [0.29, 0.717) is 27.4 Å². The first-order valence-electron chi connectivity index (χ1n) is 14.1. The Labute approximate surface area is 273 Å². The molecule has 0 radical (unpaired) electrons. The summed E-state index contributed by atoms with van der Waals surface area (Å²) in [7, 11) is 0. The van der Waals surface area contributed by atoms with Crippen molar-refractivity contribution >= 4 is 64.0 Å². The van der Waals surface area contributed by atoms with Gasteiger partial charge in [0.05, 0.1) is 10.6 Å². The quantitative estimate of drug-likeness (QED) is 0.0579. The van der Waals surface area contributed by atoms with Crippen molar-refractivity contribution < 1.29 is 19.3 Å². The van der Waals surface area contributed by atoms with Crippen molar-refractivity contribution in [3.8, 4) is 0 Å². The average molecular weight is 649 g/mol. The predicted octanol–water partition coefficient (Wildman–Crippen LogP) is 7.85. The number of nitrogens with one attached hydrogen (secondary N) is 3. The molecule has 0 spiro atoms. The molecule has 46 heavy (non-hydrogen) atoms. The largest absolute Gasteiger partial charge is 0.324 e. The van der Waals surface area contributed by atoms with Crippen LogP contribution in [0.3, 0.4) is 0 Å². The van der Waals surface area contributed by atoms with E-state index in [-0.39, 0.29) is 17.3 Å². The smallest absolute Gasteiger partial charge is 0.272 e. The number of carbonyl (C=O) groups excluding carboxylic acids is 3. The second-order valence-electron chi connectivity index (χ2n) is 10.0. The number of nitro benzene ring substituents is 1. The number of thiophene rings is 1. The summed E-state index contributed by atoms with van der Waals surface area (Å²) in [5.74, 6) is -1.30. The number of non-ortho nitro benzene ring substituents is 1. The van der Waals surface area contributed by atoms with Crippen LogP contribution in [-0.4, -0.2) is 22.6 Å². The molecule has 1 unspecified atom stereocenters. The molecule has 3 N–H and O–H groups in total. The molecule has 4 aromatic carbocycles. The van der Waals surface area contributed by atoms with E-state index < -0.39 is 22.0 Å². The minimum absolute atomic E-state index is 0.0724. The van der Waals surface area contributed by atoms with Gasteiger partial charge in [-0.25, -0.2) is 0 Å². The average Bonchev–Trinajstić information content (AvgIpc) is 3.58. The lowest BCUT2D eigenvalue weighted by Gasteiger charge is -2.18. The lowest BCUT2D eigenvalue weighted by Crippen LogP contribution is -2.30. The molecule has 1 atom stereocenters. The fourth-order valence-corrected chi connectivity index (χ4v) is 6.14. The van der Waals surface area contributed by atoms with E-state index in [4.69, 9.17) is 0 Å². The van der Waals surface area contributed by atoms with E-state index in [1.807, 2.05) is 53.9 Å². The number of aryl methyl sites for hydroxylation is 1. The zero-order valence-electron chi connectivity index (χ0n) is 24.5. The molecule has 0 aliphatic rings. The summed E-state index contributed by atoms with van der Waals surface area (Å²) < 4.78 is 0. The highest BCUT2D eigenvalue weighted by atomic mass is 32.2. The number of nitro groups is 1. The number of nitrogens with zero attached hydrogens (tertiary/aromatic N) is 1. The first-order valence-corrected chi connectivity index (χ1v) is 15.8. The predicted molar refractivity (Wildman–Crippen MR) is 183 cm³/mol. The summed E-state index contributed by atoms with van der Waals surface area (Å²) in [6, 6.07) is 32.8. The van der Waals surface area contributed by atoms with Crippen LogP contribution in [0.1, 0.15) is 31.6 Å². The molecule has 230 valence electrons. The van der Waals surface area contributed by atoms with Crippen LogP contribution in [0.15, 0.2) is 131 Å². The molecule has 3 amide bonds. The minimum Gasteiger partial charge on any atom is -0.324 e. The number of benzene rings is 4. The molecular weight excluding hydrogens is 621 g/mol. The zero-order valence-corrected chi connectivity index (χ0v) is 26.1. The SMILES string of the molecule is Cc1ccc([N+](=O)[O-])cc1NC(=O)C(Sc1cccc(NC(=O)/C(=C/c2cccs2)NC(=O)c2ccccc2)c1)c1ccccc1. The lowest BCUT2D eigenvalue weighted by atomic mass is 10.1. The fraction of sp³-hybridized carbons (Fsp3) is 0.0571. The second kappa shape index (κ2) is 15.0. The van der Waals surface area contributed by atoms with E-state index in [1.165, 1.54) is 35.2 Å². The Balaban J connectivity index is 1.37. The van der Waals surface area contributed by atoms with Crippen molar-refractivity contribution in [3.63, 3.8) is 0 Å². The van der Waals surface area contributed by atoms with E-state index in [2.05, 4.69) is 16.0 Å². The summed E-state index contributed by atoms with van der Waals surface area (Å²) in [6.07, 6.45) is 1.62. The van der Waals surface area contributed by atoms with Crippen molar-refractivity contribution in [3.05, 3.63) is 158 Å². The van der Waals surface area contributed by atoms with Crippen LogP contribution in [0.2, 0.25) is 0 Å². The third-order valence-corrected chi connectivity index (χ3v) is 8.80. The van der Waals surface area contributed by atoms with Gasteiger partial charge in [0.1, 0.15) is 10.9 Å². The minimum atomic E-state index is -0.717.